The van der Waals surface area contributed by atoms with Crippen molar-refractivity contribution in [3.8, 4) is 11.3 Å². The summed E-state index contributed by atoms with van der Waals surface area (Å²) >= 11 is 5.63. The van der Waals surface area contributed by atoms with Crippen LogP contribution in [0, 0.1) is 11.6 Å². The Kier molecular flexibility index (Phi) is 4.95. The van der Waals surface area contributed by atoms with Crippen LogP contribution in [0.5, 0.6) is 0 Å². The fourth-order valence-corrected chi connectivity index (χ4v) is 4.15. The molecule has 0 unspecified atom stereocenters. The Morgan fingerprint density at radius 3 is 2.26 bits per heavy atom. The largest absolute Gasteiger partial charge is 0.459 e. The molecule has 0 radical (unpaired) electrons. The third kappa shape index (κ3) is 3.68. The number of anilines is 1. The van der Waals surface area contributed by atoms with Crippen molar-refractivity contribution in [1.82, 2.24) is 10.3 Å². The Morgan fingerprint density at radius 2 is 1.58 bits per heavy atom. The van der Waals surface area contributed by atoms with Crippen LogP contribution < -0.4 is 10.2 Å². The van der Waals surface area contributed by atoms with E-state index >= 15 is 0 Å². The standard InChI is InChI=1S/C24H17F2N3OS/c25-16-6-4-15(5-7-16)20-12-13-21(30-20)23-22(19-3-1-2-14-27-19)28-24(31)29(23)18-10-8-17(26)9-11-18/h1-14,22-23H,(H,28,31)/t22-,23+/m0/s1. The highest BCUT2D eigenvalue weighted by Gasteiger charge is 2.42. The van der Waals surface area contributed by atoms with Gasteiger partial charge in [-0.3, -0.25) is 4.98 Å². The maximum absolute atomic E-state index is 13.5. The van der Waals surface area contributed by atoms with Gasteiger partial charge in [0.15, 0.2) is 5.11 Å². The number of hydrogen-bond acceptors (Lipinski definition) is 3. The van der Waals surface area contributed by atoms with Crippen molar-refractivity contribution in [1.29, 1.82) is 0 Å². The summed E-state index contributed by atoms with van der Waals surface area (Å²) < 4.78 is 33.0. The lowest BCUT2D eigenvalue weighted by Gasteiger charge is -2.26. The van der Waals surface area contributed by atoms with Gasteiger partial charge in [-0.1, -0.05) is 6.07 Å². The summed E-state index contributed by atoms with van der Waals surface area (Å²) in [5.74, 6) is 0.646. The Morgan fingerprint density at radius 1 is 0.871 bits per heavy atom. The maximum Gasteiger partial charge on any atom is 0.174 e. The third-order valence-electron chi connectivity index (χ3n) is 5.25. The van der Waals surface area contributed by atoms with E-state index in [4.69, 9.17) is 16.6 Å². The van der Waals surface area contributed by atoms with Crippen LogP contribution >= 0.6 is 12.2 Å². The summed E-state index contributed by atoms with van der Waals surface area (Å²) in [5, 5.41) is 3.82. The quantitative estimate of drug-likeness (QED) is 0.412. The van der Waals surface area contributed by atoms with Crippen molar-refractivity contribution in [2.75, 3.05) is 4.90 Å². The maximum atomic E-state index is 13.5. The van der Waals surface area contributed by atoms with Crippen molar-refractivity contribution >= 4 is 23.0 Å². The number of rotatable bonds is 4. The van der Waals surface area contributed by atoms with E-state index in [2.05, 4.69) is 10.3 Å². The molecular formula is C24H17F2N3OS. The van der Waals surface area contributed by atoms with Crippen LogP contribution in [0.15, 0.2) is 89.5 Å². The Bertz CT molecular complexity index is 1210. The zero-order valence-corrected chi connectivity index (χ0v) is 17.0. The minimum atomic E-state index is -0.345. The second-order valence-corrected chi connectivity index (χ2v) is 7.57. The van der Waals surface area contributed by atoms with Gasteiger partial charge >= 0.3 is 0 Å². The molecule has 2 aromatic heterocycles. The van der Waals surface area contributed by atoms with E-state index in [-0.39, 0.29) is 23.7 Å². The summed E-state index contributed by atoms with van der Waals surface area (Å²) in [5.41, 5.74) is 2.31. The highest BCUT2D eigenvalue weighted by Crippen LogP contribution is 2.42. The monoisotopic (exact) mass is 433 g/mol. The zero-order chi connectivity index (χ0) is 21.4. The van der Waals surface area contributed by atoms with Crippen molar-refractivity contribution in [3.63, 3.8) is 0 Å². The van der Waals surface area contributed by atoms with Crippen molar-refractivity contribution in [3.05, 3.63) is 108 Å². The Hall–Kier alpha value is -3.58. The second-order valence-electron chi connectivity index (χ2n) is 7.18. The van der Waals surface area contributed by atoms with Crippen LogP contribution in [0.2, 0.25) is 0 Å². The summed E-state index contributed by atoms with van der Waals surface area (Å²) in [7, 11) is 0. The summed E-state index contributed by atoms with van der Waals surface area (Å²) in [6, 6.07) is 21.1. The van der Waals surface area contributed by atoms with Crippen LogP contribution in [-0.4, -0.2) is 10.1 Å². The average molecular weight is 433 g/mol. The highest BCUT2D eigenvalue weighted by molar-refractivity contribution is 7.80. The van der Waals surface area contributed by atoms with Crippen molar-refractivity contribution in [2.24, 2.45) is 0 Å². The molecule has 1 N–H and O–H groups in total. The molecule has 0 bridgehead atoms. The molecule has 0 amide bonds. The molecule has 4 aromatic rings. The van der Waals surface area contributed by atoms with Crippen LogP contribution in [0.25, 0.3) is 11.3 Å². The lowest BCUT2D eigenvalue weighted by atomic mass is 10.0. The van der Waals surface area contributed by atoms with Crippen LogP contribution in [-0.2, 0) is 0 Å². The van der Waals surface area contributed by atoms with E-state index in [1.807, 2.05) is 35.2 Å². The predicted molar refractivity (Wildman–Crippen MR) is 118 cm³/mol. The highest BCUT2D eigenvalue weighted by atomic mass is 32.1. The molecule has 5 rings (SSSR count). The van der Waals surface area contributed by atoms with E-state index in [0.29, 0.717) is 16.6 Å². The van der Waals surface area contributed by atoms with Gasteiger partial charge in [0.25, 0.3) is 0 Å². The van der Waals surface area contributed by atoms with Gasteiger partial charge in [0.1, 0.15) is 29.2 Å². The van der Waals surface area contributed by atoms with E-state index in [9.17, 15) is 8.78 Å². The number of nitrogens with zero attached hydrogens (tertiary/aromatic N) is 2. The topological polar surface area (TPSA) is 41.3 Å². The number of hydrogen-bond donors (Lipinski definition) is 1. The Balaban J connectivity index is 1.59. The molecule has 31 heavy (non-hydrogen) atoms. The average Bonchev–Trinajstić information content (AvgIpc) is 3.40. The molecule has 0 saturated carbocycles. The minimum absolute atomic E-state index is 0.272. The van der Waals surface area contributed by atoms with Crippen LogP contribution in [0.1, 0.15) is 23.5 Å². The molecule has 4 nitrogen and oxygen atoms in total. The SMILES string of the molecule is Fc1ccc(-c2ccc([C@@H]3[C@H](c4ccccn4)NC(=S)N3c3ccc(F)cc3)o2)cc1. The number of benzene rings is 2. The summed E-state index contributed by atoms with van der Waals surface area (Å²) in [6.07, 6.45) is 1.73. The van der Waals surface area contributed by atoms with Gasteiger partial charge in [0, 0.05) is 17.4 Å². The molecule has 3 heterocycles. The lowest BCUT2D eigenvalue weighted by molar-refractivity contribution is 0.439. The molecule has 2 aromatic carbocycles. The molecule has 0 aliphatic carbocycles. The van der Waals surface area contributed by atoms with E-state index in [0.717, 1.165) is 16.9 Å². The molecule has 1 aliphatic heterocycles. The molecule has 154 valence electrons. The number of aromatic nitrogens is 1. The summed E-state index contributed by atoms with van der Waals surface area (Å²) in [4.78, 5) is 6.40. The molecule has 0 spiro atoms. The number of pyridine rings is 1. The third-order valence-corrected chi connectivity index (χ3v) is 5.56. The fraction of sp³-hybridized carbons (Fsp3) is 0.0833. The van der Waals surface area contributed by atoms with Gasteiger partial charge in [-0.2, -0.15) is 0 Å². The number of furan rings is 1. The van der Waals surface area contributed by atoms with Gasteiger partial charge in [-0.15, -0.1) is 0 Å². The van der Waals surface area contributed by atoms with E-state index < -0.39 is 0 Å². The number of nitrogens with one attached hydrogen (secondary N) is 1. The first-order valence-corrected chi connectivity index (χ1v) is 10.1. The molecule has 2 atom stereocenters. The van der Waals surface area contributed by atoms with Crippen molar-refractivity contribution < 1.29 is 13.2 Å². The van der Waals surface area contributed by atoms with Crippen molar-refractivity contribution in [2.45, 2.75) is 12.1 Å². The fourth-order valence-electron chi connectivity index (χ4n) is 3.80. The smallest absolute Gasteiger partial charge is 0.174 e. The normalized spacial score (nSPS) is 18.3. The first-order chi connectivity index (χ1) is 15.1. The molecule has 1 saturated heterocycles. The van der Waals surface area contributed by atoms with Crippen LogP contribution in [0.3, 0.4) is 0 Å². The molecule has 1 aliphatic rings. The first kappa shape index (κ1) is 19.4. The molecule has 7 heteroatoms. The van der Waals surface area contributed by atoms with Gasteiger partial charge in [-0.05, 0) is 85.0 Å². The number of halogens is 2. The zero-order valence-electron chi connectivity index (χ0n) is 16.2. The first-order valence-electron chi connectivity index (χ1n) is 9.72. The lowest BCUT2D eigenvalue weighted by Crippen LogP contribution is -2.29. The minimum Gasteiger partial charge on any atom is -0.459 e. The van der Waals surface area contributed by atoms with Gasteiger partial charge in [0.05, 0.1) is 11.7 Å². The second kappa shape index (κ2) is 7.92. The predicted octanol–water partition coefficient (Wildman–Crippen LogP) is 5.80. The van der Waals surface area contributed by atoms with Gasteiger partial charge < -0.3 is 14.6 Å². The van der Waals surface area contributed by atoms with Crippen LogP contribution in [0.4, 0.5) is 14.5 Å². The molecule has 1 fully saturated rings. The van der Waals surface area contributed by atoms with E-state index in [1.54, 1.807) is 30.5 Å². The summed E-state index contributed by atoms with van der Waals surface area (Å²) in [6.45, 7) is 0. The van der Waals surface area contributed by atoms with E-state index in [1.165, 1.54) is 24.3 Å². The molecular weight excluding hydrogens is 416 g/mol. The van der Waals surface area contributed by atoms with Gasteiger partial charge in [-0.25, -0.2) is 8.78 Å². The Labute approximate surface area is 183 Å². The number of thiocarbonyl (C=S) groups is 1. The van der Waals surface area contributed by atoms with Gasteiger partial charge in [0.2, 0.25) is 0 Å².